The van der Waals surface area contributed by atoms with Gasteiger partial charge in [-0.2, -0.15) is 0 Å². The largest absolute Gasteiger partial charge is 0.467 e. The molecule has 0 heterocycles. The molecule has 1 atom stereocenters. The first-order chi connectivity index (χ1) is 6.92. The average molecular weight is 190 g/mol. The molecule has 0 bridgehead atoms. The Morgan fingerprint density at radius 3 is 3.21 bits per heavy atom. The number of carbonyl (C=O) groups excluding carboxylic acids is 1. The minimum atomic E-state index is 0.372. The van der Waals surface area contributed by atoms with Crippen molar-refractivity contribution >= 4 is 6.47 Å². The third kappa shape index (κ3) is 1.79. The summed E-state index contributed by atoms with van der Waals surface area (Å²) >= 11 is 0. The average Bonchev–Trinajstić information content (AvgIpc) is 2.26. The van der Waals surface area contributed by atoms with E-state index in [1.54, 1.807) is 0 Å². The van der Waals surface area contributed by atoms with E-state index < -0.39 is 0 Å². The van der Waals surface area contributed by atoms with E-state index >= 15 is 0 Å². The van der Waals surface area contributed by atoms with E-state index in [4.69, 9.17) is 4.74 Å². The summed E-state index contributed by atoms with van der Waals surface area (Å²) in [5, 5.41) is 0. The fourth-order valence-corrected chi connectivity index (χ4v) is 2.09. The maximum Gasteiger partial charge on any atom is 0.293 e. The molecule has 0 radical (unpaired) electrons. The minimum Gasteiger partial charge on any atom is -0.467 e. The molecule has 14 heavy (non-hydrogen) atoms. The van der Waals surface area contributed by atoms with E-state index in [0.29, 0.717) is 19.0 Å². The highest BCUT2D eigenvalue weighted by molar-refractivity contribution is 5.42. The maximum atomic E-state index is 10.1. The lowest BCUT2D eigenvalue weighted by Crippen LogP contribution is -2.15. The minimum absolute atomic E-state index is 0.372. The Hall–Kier alpha value is -1.31. The Morgan fingerprint density at radius 2 is 2.36 bits per heavy atom. The van der Waals surface area contributed by atoms with Crippen molar-refractivity contribution in [1.29, 1.82) is 0 Å². The van der Waals surface area contributed by atoms with Crippen LogP contribution in [0.3, 0.4) is 0 Å². The molecule has 0 aromatic carbocycles. The van der Waals surface area contributed by atoms with Crippen LogP contribution in [0.15, 0.2) is 35.5 Å². The summed E-state index contributed by atoms with van der Waals surface area (Å²) in [5.74, 6) is 0.372. The molecule has 0 aromatic heterocycles. The van der Waals surface area contributed by atoms with Crippen molar-refractivity contribution in [3.63, 3.8) is 0 Å². The van der Waals surface area contributed by atoms with Crippen molar-refractivity contribution in [2.45, 2.75) is 19.3 Å². The van der Waals surface area contributed by atoms with Crippen LogP contribution in [-0.4, -0.2) is 13.1 Å². The molecule has 2 nitrogen and oxygen atoms in total. The predicted molar refractivity (Wildman–Crippen MR) is 54.7 cm³/mol. The Bertz CT molecular complexity index is 310. The summed E-state index contributed by atoms with van der Waals surface area (Å²) in [7, 11) is 0. The first-order valence-corrected chi connectivity index (χ1v) is 5.03. The molecular weight excluding hydrogens is 176 g/mol. The monoisotopic (exact) mass is 190 g/mol. The van der Waals surface area contributed by atoms with Gasteiger partial charge in [-0.3, -0.25) is 4.79 Å². The molecule has 2 heteroatoms. The highest BCUT2D eigenvalue weighted by atomic mass is 16.5. The van der Waals surface area contributed by atoms with Crippen LogP contribution in [0, 0.1) is 5.92 Å². The van der Waals surface area contributed by atoms with Crippen LogP contribution in [0.1, 0.15) is 19.3 Å². The van der Waals surface area contributed by atoms with Crippen LogP contribution >= 0.6 is 0 Å². The van der Waals surface area contributed by atoms with Crippen LogP contribution < -0.4 is 0 Å². The van der Waals surface area contributed by atoms with Crippen LogP contribution in [0.25, 0.3) is 0 Å². The summed E-state index contributed by atoms with van der Waals surface area (Å²) < 4.78 is 4.84. The Labute approximate surface area is 83.9 Å². The Morgan fingerprint density at radius 1 is 1.43 bits per heavy atom. The Balaban J connectivity index is 2.12. The molecule has 0 saturated carbocycles. The topological polar surface area (TPSA) is 26.3 Å². The number of allylic oxidation sites excluding steroid dienone is 5. The third-order valence-electron chi connectivity index (χ3n) is 2.79. The zero-order chi connectivity index (χ0) is 9.80. The molecule has 1 unspecified atom stereocenters. The van der Waals surface area contributed by atoms with E-state index in [0.717, 1.165) is 19.3 Å². The van der Waals surface area contributed by atoms with Crippen molar-refractivity contribution in [2.75, 3.05) is 6.61 Å². The van der Waals surface area contributed by atoms with Gasteiger partial charge in [-0.1, -0.05) is 24.3 Å². The Kier molecular flexibility index (Phi) is 2.82. The lowest BCUT2D eigenvalue weighted by Gasteiger charge is -2.24. The second-order valence-electron chi connectivity index (χ2n) is 3.69. The summed E-state index contributed by atoms with van der Waals surface area (Å²) in [6, 6.07) is 0. The molecule has 0 aliphatic heterocycles. The van der Waals surface area contributed by atoms with Crippen molar-refractivity contribution in [3.8, 4) is 0 Å². The molecule has 0 fully saturated rings. The van der Waals surface area contributed by atoms with Gasteiger partial charge in [-0.25, -0.2) is 0 Å². The van der Waals surface area contributed by atoms with E-state index in [1.807, 2.05) is 0 Å². The highest BCUT2D eigenvalue weighted by Gasteiger charge is 2.19. The number of carbonyl (C=O) groups is 1. The first-order valence-electron chi connectivity index (χ1n) is 5.03. The molecule has 0 amide bonds. The first kappa shape index (κ1) is 9.25. The zero-order valence-electron chi connectivity index (χ0n) is 8.11. The van der Waals surface area contributed by atoms with Gasteiger partial charge in [0.15, 0.2) is 0 Å². The van der Waals surface area contributed by atoms with E-state index in [2.05, 4.69) is 24.3 Å². The summed E-state index contributed by atoms with van der Waals surface area (Å²) in [5.41, 5.74) is 2.78. The van der Waals surface area contributed by atoms with Crippen molar-refractivity contribution in [2.24, 2.45) is 5.92 Å². The molecule has 0 aromatic rings. The van der Waals surface area contributed by atoms with Gasteiger partial charge in [0, 0.05) is 5.92 Å². The van der Waals surface area contributed by atoms with Gasteiger partial charge in [0.1, 0.15) is 0 Å². The van der Waals surface area contributed by atoms with Gasteiger partial charge in [-0.15, -0.1) is 0 Å². The molecule has 2 rings (SSSR count). The normalized spacial score (nSPS) is 24.7. The second-order valence-corrected chi connectivity index (χ2v) is 3.69. The van der Waals surface area contributed by atoms with E-state index in [-0.39, 0.29) is 0 Å². The van der Waals surface area contributed by atoms with Crippen molar-refractivity contribution in [3.05, 3.63) is 35.5 Å². The SMILES string of the molecule is O=COCC1CC=CC2=C1C=CCC2. The number of hydrogen-bond acceptors (Lipinski definition) is 2. The zero-order valence-corrected chi connectivity index (χ0v) is 8.11. The van der Waals surface area contributed by atoms with E-state index in [1.165, 1.54) is 11.1 Å². The van der Waals surface area contributed by atoms with Gasteiger partial charge < -0.3 is 4.74 Å². The number of hydrogen-bond donors (Lipinski definition) is 0. The fourth-order valence-electron chi connectivity index (χ4n) is 2.09. The molecule has 2 aliphatic carbocycles. The fraction of sp³-hybridized carbons (Fsp3) is 0.417. The lowest BCUT2D eigenvalue weighted by molar-refractivity contribution is -0.129. The molecular formula is C12H14O2. The molecule has 0 N–H and O–H groups in total. The predicted octanol–water partition coefficient (Wildman–Crippen LogP) is 2.38. The van der Waals surface area contributed by atoms with Gasteiger partial charge in [0.2, 0.25) is 0 Å². The lowest BCUT2D eigenvalue weighted by atomic mass is 9.83. The van der Waals surface area contributed by atoms with Crippen LogP contribution in [0.5, 0.6) is 0 Å². The van der Waals surface area contributed by atoms with E-state index in [9.17, 15) is 4.79 Å². The smallest absolute Gasteiger partial charge is 0.293 e. The van der Waals surface area contributed by atoms with Crippen LogP contribution in [0.4, 0.5) is 0 Å². The quantitative estimate of drug-likeness (QED) is 0.639. The van der Waals surface area contributed by atoms with Crippen LogP contribution in [0.2, 0.25) is 0 Å². The molecule has 0 spiro atoms. The highest BCUT2D eigenvalue weighted by Crippen LogP contribution is 2.31. The summed E-state index contributed by atoms with van der Waals surface area (Å²) in [6.45, 7) is 1.04. The second kappa shape index (κ2) is 4.27. The number of rotatable bonds is 3. The third-order valence-corrected chi connectivity index (χ3v) is 2.79. The summed E-state index contributed by atoms with van der Waals surface area (Å²) in [6.07, 6.45) is 12.0. The van der Waals surface area contributed by atoms with Gasteiger partial charge in [0.25, 0.3) is 6.47 Å². The number of ether oxygens (including phenoxy) is 1. The maximum absolute atomic E-state index is 10.1. The molecule has 74 valence electrons. The van der Waals surface area contributed by atoms with Gasteiger partial charge in [-0.05, 0) is 30.4 Å². The van der Waals surface area contributed by atoms with Gasteiger partial charge >= 0.3 is 0 Å². The molecule has 2 aliphatic rings. The standard InChI is InChI=1S/C12H14O2/c13-9-14-8-11-6-3-5-10-4-1-2-7-12(10)11/h2-3,5,7,9,11H,1,4,6,8H2. The molecule has 0 saturated heterocycles. The van der Waals surface area contributed by atoms with Crippen molar-refractivity contribution in [1.82, 2.24) is 0 Å². The van der Waals surface area contributed by atoms with Gasteiger partial charge in [0.05, 0.1) is 6.61 Å². The van der Waals surface area contributed by atoms with Crippen molar-refractivity contribution < 1.29 is 9.53 Å². The summed E-state index contributed by atoms with van der Waals surface area (Å²) in [4.78, 5) is 10.1. The van der Waals surface area contributed by atoms with Crippen LogP contribution in [-0.2, 0) is 9.53 Å².